The van der Waals surface area contributed by atoms with E-state index in [9.17, 15) is 4.79 Å². The summed E-state index contributed by atoms with van der Waals surface area (Å²) in [5, 5.41) is 10.8. The van der Waals surface area contributed by atoms with E-state index in [1.54, 1.807) is 6.20 Å². The molecule has 53 heavy (non-hydrogen) atoms. The molecule has 1 aliphatic heterocycles. The maximum absolute atomic E-state index is 11.6. The second-order valence-corrected chi connectivity index (χ2v) is 13.8. The predicted octanol–water partition coefficient (Wildman–Crippen LogP) is 2.64. The Hall–Kier alpha value is -1.74. The highest BCUT2D eigenvalue weighted by molar-refractivity contribution is 6.60. The van der Waals surface area contributed by atoms with Crippen molar-refractivity contribution < 1.29 is 66.2 Å². The lowest BCUT2D eigenvalue weighted by Gasteiger charge is -2.32. The van der Waals surface area contributed by atoms with Crippen molar-refractivity contribution in [2.24, 2.45) is 0 Å². The number of hydrogen-bond acceptors (Lipinski definition) is 16. The van der Waals surface area contributed by atoms with E-state index < -0.39 is 23.9 Å². The first kappa shape index (κ1) is 49.3. The Kier molecular flexibility index (Phi) is 28.3. The molecule has 1 saturated heterocycles. The number of hydrogen-bond donors (Lipinski definition) is 2. The normalized spacial score (nSPS) is 15.6. The molecule has 0 aromatic carbocycles. The monoisotopic (exact) mass is 764 g/mol. The van der Waals surface area contributed by atoms with Crippen molar-refractivity contribution in [1.82, 2.24) is 5.32 Å². The summed E-state index contributed by atoms with van der Waals surface area (Å²) in [7, 11) is -0.571. The Balaban J connectivity index is 1.72. The van der Waals surface area contributed by atoms with E-state index in [0.29, 0.717) is 144 Å². The van der Waals surface area contributed by atoms with Crippen LogP contribution in [0, 0.1) is 5.41 Å². The van der Waals surface area contributed by atoms with Gasteiger partial charge in [0.05, 0.1) is 150 Å². The van der Waals surface area contributed by atoms with E-state index in [2.05, 4.69) is 5.32 Å². The van der Waals surface area contributed by atoms with E-state index in [-0.39, 0.29) is 12.4 Å². The van der Waals surface area contributed by atoms with Crippen molar-refractivity contribution in [1.29, 1.82) is 5.41 Å². The van der Waals surface area contributed by atoms with Crippen molar-refractivity contribution in [2.45, 2.75) is 71.7 Å². The van der Waals surface area contributed by atoms with Gasteiger partial charge in [0.2, 0.25) is 0 Å². The van der Waals surface area contributed by atoms with Crippen LogP contribution in [0.15, 0.2) is 11.7 Å². The third-order valence-electron chi connectivity index (χ3n) is 7.57. The van der Waals surface area contributed by atoms with Crippen LogP contribution in [0.3, 0.4) is 0 Å². The standard InChI is InChI=1S/C36H69BN2O14/c1-34(2,3)51-33(40)8-10-41-12-14-43-16-18-45-20-22-47-24-26-49-28-29-50-27-25-48-23-21-46-19-17-44-15-13-42-11-9-39-31-32(30-38)37-52-35(4,5)36(6,7)53-37/h30-31,38-39H,8-29H2,1-7H3/b32-31+,38-30?. The highest BCUT2D eigenvalue weighted by Crippen LogP contribution is 2.38. The van der Waals surface area contributed by atoms with Crippen LogP contribution >= 0.6 is 0 Å². The van der Waals surface area contributed by atoms with Crippen LogP contribution in [-0.2, 0) is 66.2 Å². The van der Waals surface area contributed by atoms with E-state index in [1.807, 2.05) is 48.5 Å². The Bertz CT molecular complexity index is 936. The van der Waals surface area contributed by atoms with Crippen molar-refractivity contribution in [3.63, 3.8) is 0 Å². The van der Waals surface area contributed by atoms with Crippen LogP contribution < -0.4 is 5.32 Å². The van der Waals surface area contributed by atoms with Gasteiger partial charge in [-0.25, -0.2) is 0 Å². The number of carbonyl (C=O) groups excluding carboxylic acids is 1. The third kappa shape index (κ3) is 27.5. The lowest BCUT2D eigenvalue weighted by atomic mass is 9.79. The van der Waals surface area contributed by atoms with Crippen LogP contribution in [-0.4, -0.2) is 175 Å². The molecular formula is C36H69BN2O14. The molecule has 0 aromatic heterocycles. The zero-order valence-corrected chi connectivity index (χ0v) is 33.5. The van der Waals surface area contributed by atoms with Crippen molar-refractivity contribution in [2.75, 3.05) is 139 Å². The summed E-state index contributed by atoms with van der Waals surface area (Å²) in [4.78, 5) is 11.6. The van der Waals surface area contributed by atoms with Crippen LogP contribution in [0.2, 0.25) is 0 Å². The summed E-state index contributed by atoms with van der Waals surface area (Å²) in [6, 6.07) is 0. The highest BCUT2D eigenvalue weighted by Gasteiger charge is 2.52. The zero-order chi connectivity index (χ0) is 39.1. The van der Waals surface area contributed by atoms with Gasteiger partial charge in [0, 0.05) is 18.2 Å². The molecule has 0 atom stereocenters. The number of ether oxygens (including phenoxy) is 11. The average Bonchev–Trinajstić information content (AvgIpc) is 3.31. The average molecular weight is 765 g/mol. The lowest BCUT2D eigenvalue weighted by molar-refractivity contribution is -0.156. The molecule has 0 unspecified atom stereocenters. The fraction of sp³-hybridized carbons (Fsp3) is 0.889. The largest absolute Gasteiger partial charge is 0.497 e. The molecular weight excluding hydrogens is 695 g/mol. The topological polar surface area (TPSA) is 173 Å². The number of carbonyl (C=O) groups is 1. The molecule has 0 radical (unpaired) electrons. The first-order chi connectivity index (χ1) is 25.4. The Labute approximate surface area is 318 Å². The molecule has 1 rings (SSSR count). The third-order valence-corrected chi connectivity index (χ3v) is 7.57. The first-order valence-electron chi connectivity index (χ1n) is 18.7. The molecule has 1 heterocycles. The second kappa shape index (κ2) is 30.5. The molecule has 310 valence electrons. The van der Waals surface area contributed by atoms with Gasteiger partial charge in [0.25, 0.3) is 0 Å². The summed E-state index contributed by atoms with van der Waals surface area (Å²) in [5.41, 5.74) is -0.747. The number of nitrogens with one attached hydrogen (secondary N) is 2. The summed E-state index contributed by atoms with van der Waals surface area (Å²) in [5.74, 6) is -0.268. The summed E-state index contributed by atoms with van der Waals surface area (Å²) in [6.07, 6.45) is 3.21. The van der Waals surface area contributed by atoms with Gasteiger partial charge >= 0.3 is 13.1 Å². The van der Waals surface area contributed by atoms with E-state index in [4.69, 9.17) is 66.8 Å². The summed E-state index contributed by atoms with van der Waals surface area (Å²) >= 11 is 0. The van der Waals surface area contributed by atoms with E-state index >= 15 is 0 Å². The minimum atomic E-state index is -0.571. The molecule has 0 aliphatic carbocycles. The first-order valence-corrected chi connectivity index (χ1v) is 18.7. The smallest absolute Gasteiger partial charge is 0.460 e. The molecule has 2 N–H and O–H groups in total. The number of allylic oxidation sites excluding steroid dienone is 1. The van der Waals surface area contributed by atoms with Crippen molar-refractivity contribution >= 4 is 19.3 Å². The van der Waals surface area contributed by atoms with Crippen LogP contribution in [0.25, 0.3) is 0 Å². The van der Waals surface area contributed by atoms with Gasteiger partial charge < -0.3 is 72.1 Å². The maximum atomic E-state index is 11.6. The number of rotatable bonds is 36. The summed E-state index contributed by atoms with van der Waals surface area (Å²) < 4.78 is 72.0. The number of esters is 1. The molecule has 0 spiro atoms. The second-order valence-electron chi connectivity index (χ2n) is 13.8. The Morgan fingerprint density at radius 2 is 0.868 bits per heavy atom. The van der Waals surface area contributed by atoms with Gasteiger partial charge in [-0.15, -0.1) is 0 Å². The highest BCUT2D eigenvalue weighted by atomic mass is 16.7. The van der Waals surface area contributed by atoms with Gasteiger partial charge in [0.1, 0.15) is 5.60 Å². The van der Waals surface area contributed by atoms with Gasteiger partial charge in [-0.3, -0.25) is 4.79 Å². The van der Waals surface area contributed by atoms with Gasteiger partial charge in [-0.1, -0.05) is 0 Å². The van der Waals surface area contributed by atoms with E-state index in [1.165, 1.54) is 6.21 Å². The van der Waals surface area contributed by atoms with E-state index in [0.717, 1.165) is 0 Å². The minimum absolute atomic E-state index is 0.228. The SMILES string of the molecule is CC(C)(C)OC(=O)CCOCCOCCOCCOCCOCCOCCOCCOCCOCCOCCN/C=C(\C=N)B1OC(C)(C)C(C)(C)O1. The van der Waals surface area contributed by atoms with Gasteiger partial charge in [-0.05, 0) is 54.7 Å². The Morgan fingerprint density at radius 1 is 0.566 bits per heavy atom. The van der Waals surface area contributed by atoms with Crippen LogP contribution in [0.5, 0.6) is 0 Å². The molecule has 0 saturated carbocycles. The molecule has 1 aliphatic rings. The van der Waals surface area contributed by atoms with Gasteiger partial charge in [0.15, 0.2) is 0 Å². The minimum Gasteiger partial charge on any atom is -0.460 e. The molecule has 1 fully saturated rings. The molecule has 0 amide bonds. The fourth-order valence-corrected chi connectivity index (χ4v) is 4.11. The van der Waals surface area contributed by atoms with Crippen LogP contribution in [0.1, 0.15) is 54.9 Å². The predicted molar refractivity (Wildman–Crippen MR) is 200 cm³/mol. The molecule has 0 aromatic rings. The van der Waals surface area contributed by atoms with Crippen molar-refractivity contribution in [3.8, 4) is 0 Å². The fourth-order valence-electron chi connectivity index (χ4n) is 4.11. The molecule has 0 bridgehead atoms. The lowest BCUT2D eigenvalue weighted by Crippen LogP contribution is -2.41. The van der Waals surface area contributed by atoms with Crippen molar-refractivity contribution in [3.05, 3.63) is 11.7 Å². The molecule has 16 nitrogen and oxygen atoms in total. The quantitative estimate of drug-likeness (QED) is 0.0413. The summed E-state index contributed by atoms with van der Waals surface area (Å²) in [6.45, 7) is 23.4. The Morgan fingerprint density at radius 3 is 1.17 bits per heavy atom. The van der Waals surface area contributed by atoms with Gasteiger partial charge in [-0.2, -0.15) is 0 Å². The van der Waals surface area contributed by atoms with Crippen LogP contribution in [0.4, 0.5) is 0 Å². The maximum Gasteiger partial charge on any atom is 0.497 e. The zero-order valence-electron chi connectivity index (χ0n) is 33.5. The molecule has 17 heteroatoms.